The SMILES string of the molecule is COC(OC)C(O)CC(=O)O. The van der Waals surface area contributed by atoms with E-state index in [0.29, 0.717) is 0 Å². The molecule has 0 aromatic carbocycles. The third-order valence-corrected chi connectivity index (χ3v) is 1.16. The molecule has 0 spiro atoms. The predicted octanol–water partition coefficient (Wildman–Crippen LogP) is -0.559. The molecule has 0 aliphatic carbocycles. The fourth-order valence-electron chi connectivity index (χ4n) is 0.686. The lowest BCUT2D eigenvalue weighted by molar-refractivity contribution is -0.173. The molecular weight excluding hydrogens is 152 g/mol. The van der Waals surface area contributed by atoms with Gasteiger partial charge in [-0.25, -0.2) is 0 Å². The van der Waals surface area contributed by atoms with Gasteiger partial charge in [0.05, 0.1) is 6.42 Å². The van der Waals surface area contributed by atoms with E-state index >= 15 is 0 Å². The summed E-state index contributed by atoms with van der Waals surface area (Å²) in [5, 5.41) is 17.3. The number of carboxylic acids is 1. The highest BCUT2D eigenvalue weighted by molar-refractivity contribution is 5.67. The summed E-state index contributed by atoms with van der Waals surface area (Å²) in [4.78, 5) is 10.1. The molecule has 0 saturated carbocycles. The molecule has 0 rings (SSSR count). The Bertz CT molecular complexity index is 120. The van der Waals surface area contributed by atoms with E-state index in [0.717, 1.165) is 0 Å². The first kappa shape index (κ1) is 10.3. The van der Waals surface area contributed by atoms with Gasteiger partial charge >= 0.3 is 5.97 Å². The monoisotopic (exact) mass is 164 g/mol. The van der Waals surface area contributed by atoms with Crippen molar-refractivity contribution in [1.82, 2.24) is 0 Å². The van der Waals surface area contributed by atoms with Crippen LogP contribution in [0.2, 0.25) is 0 Å². The minimum atomic E-state index is -1.12. The van der Waals surface area contributed by atoms with Crippen LogP contribution >= 0.6 is 0 Å². The van der Waals surface area contributed by atoms with Crippen molar-refractivity contribution in [3.8, 4) is 0 Å². The van der Waals surface area contributed by atoms with Crippen LogP contribution < -0.4 is 0 Å². The first-order valence-electron chi connectivity index (χ1n) is 3.07. The summed E-state index contributed by atoms with van der Waals surface area (Å²) < 4.78 is 9.25. The molecule has 5 heteroatoms. The Morgan fingerprint density at radius 3 is 2.18 bits per heavy atom. The Labute approximate surface area is 64.5 Å². The van der Waals surface area contributed by atoms with Crippen LogP contribution in [0, 0.1) is 0 Å². The minimum Gasteiger partial charge on any atom is -0.481 e. The smallest absolute Gasteiger partial charge is 0.306 e. The molecule has 0 amide bonds. The molecule has 0 saturated heterocycles. The largest absolute Gasteiger partial charge is 0.481 e. The molecule has 1 atom stereocenters. The zero-order valence-corrected chi connectivity index (χ0v) is 6.48. The van der Waals surface area contributed by atoms with Crippen molar-refractivity contribution >= 4 is 5.97 Å². The number of carboxylic acid groups (broad SMARTS) is 1. The fourth-order valence-corrected chi connectivity index (χ4v) is 0.686. The Morgan fingerprint density at radius 1 is 1.45 bits per heavy atom. The number of carbonyl (C=O) groups is 1. The standard InChI is InChI=1S/C6H12O5/c1-10-6(11-2)4(7)3-5(8)9/h4,6-7H,3H2,1-2H3,(H,8,9). The summed E-state index contributed by atoms with van der Waals surface area (Å²) in [7, 11) is 2.67. The zero-order valence-electron chi connectivity index (χ0n) is 6.48. The van der Waals surface area contributed by atoms with Crippen molar-refractivity contribution in [2.75, 3.05) is 14.2 Å². The third kappa shape index (κ3) is 3.92. The summed E-state index contributed by atoms with van der Waals surface area (Å²) in [6, 6.07) is 0. The van der Waals surface area contributed by atoms with E-state index in [-0.39, 0.29) is 6.42 Å². The maximum absolute atomic E-state index is 10.1. The second kappa shape index (κ2) is 5.06. The van der Waals surface area contributed by atoms with E-state index in [2.05, 4.69) is 9.47 Å². The molecule has 0 radical (unpaired) electrons. The minimum absolute atomic E-state index is 0.383. The van der Waals surface area contributed by atoms with Crippen molar-refractivity contribution in [3.63, 3.8) is 0 Å². The lowest BCUT2D eigenvalue weighted by atomic mass is 10.2. The van der Waals surface area contributed by atoms with Gasteiger partial charge in [0.1, 0.15) is 6.10 Å². The highest BCUT2D eigenvalue weighted by atomic mass is 16.7. The molecule has 2 N–H and O–H groups in total. The van der Waals surface area contributed by atoms with Gasteiger partial charge in [-0.15, -0.1) is 0 Å². The molecule has 0 bridgehead atoms. The maximum atomic E-state index is 10.1. The molecule has 0 aliphatic heterocycles. The molecule has 1 unspecified atom stereocenters. The summed E-state index contributed by atoms with van der Waals surface area (Å²) in [5.74, 6) is -1.09. The third-order valence-electron chi connectivity index (χ3n) is 1.16. The molecule has 0 fully saturated rings. The van der Waals surface area contributed by atoms with E-state index < -0.39 is 18.4 Å². The topological polar surface area (TPSA) is 76.0 Å². The fraction of sp³-hybridized carbons (Fsp3) is 0.833. The van der Waals surface area contributed by atoms with Gasteiger partial charge in [-0.1, -0.05) is 0 Å². The normalized spacial score (nSPS) is 13.5. The number of ether oxygens (including phenoxy) is 2. The number of methoxy groups -OCH3 is 2. The highest BCUT2D eigenvalue weighted by Gasteiger charge is 2.20. The Hall–Kier alpha value is -0.650. The Kier molecular flexibility index (Phi) is 4.76. The van der Waals surface area contributed by atoms with E-state index in [1.54, 1.807) is 0 Å². The van der Waals surface area contributed by atoms with E-state index in [1.165, 1.54) is 14.2 Å². The lowest BCUT2D eigenvalue weighted by Gasteiger charge is -2.17. The van der Waals surface area contributed by atoms with E-state index in [4.69, 9.17) is 10.2 Å². The molecule has 5 nitrogen and oxygen atoms in total. The predicted molar refractivity (Wildman–Crippen MR) is 36.1 cm³/mol. The van der Waals surface area contributed by atoms with Crippen molar-refractivity contribution in [3.05, 3.63) is 0 Å². The van der Waals surface area contributed by atoms with Gasteiger partial charge in [0.15, 0.2) is 6.29 Å². The molecule has 0 aliphatic rings. The molecule has 0 aromatic rings. The maximum Gasteiger partial charge on any atom is 0.306 e. The van der Waals surface area contributed by atoms with Gasteiger partial charge in [-0.3, -0.25) is 4.79 Å². The van der Waals surface area contributed by atoms with Crippen molar-refractivity contribution in [2.24, 2.45) is 0 Å². The molecule has 11 heavy (non-hydrogen) atoms. The van der Waals surface area contributed by atoms with Crippen molar-refractivity contribution in [1.29, 1.82) is 0 Å². The quantitative estimate of drug-likeness (QED) is 0.533. The second-order valence-corrected chi connectivity index (χ2v) is 2.01. The zero-order chi connectivity index (χ0) is 8.85. The molecule has 66 valence electrons. The average molecular weight is 164 g/mol. The van der Waals surface area contributed by atoms with Crippen molar-refractivity contribution < 1.29 is 24.5 Å². The van der Waals surface area contributed by atoms with Crippen LogP contribution in [0.15, 0.2) is 0 Å². The second-order valence-electron chi connectivity index (χ2n) is 2.01. The van der Waals surface area contributed by atoms with Gasteiger partial charge in [0.25, 0.3) is 0 Å². The van der Waals surface area contributed by atoms with Gasteiger partial charge in [-0.2, -0.15) is 0 Å². The van der Waals surface area contributed by atoms with Crippen LogP contribution in [0.3, 0.4) is 0 Å². The molecule has 0 heterocycles. The first-order chi connectivity index (χ1) is 5.11. The Balaban J connectivity index is 3.78. The number of hydrogen-bond acceptors (Lipinski definition) is 4. The average Bonchev–Trinajstić information content (AvgIpc) is 1.88. The van der Waals surface area contributed by atoms with Crippen molar-refractivity contribution in [2.45, 2.75) is 18.8 Å². The summed E-state index contributed by atoms with van der Waals surface area (Å²) in [6.07, 6.45) is -2.37. The number of hydrogen-bond donors (Lipinski definition) is 2. The van der Waals surface area contributed by atoms with Crippen LogP contribution in [-0.4, -0.2) is 42.8 Å². The first-order valence-corrected chi connectivity index (χ1v) is 3.07. The lowest BCUT2D eigenvalue weighted by Crippen LogP contribution is -2.31. The van der Waals surface area contributed by atoms with Gasteiger partial charge in [0.2, 0.25) is 0 Å². The number of rotatable bonds is 5. The van der Waals surface area contributed by atoms with E-state index in [9.17, 15) is 4.79 Å². The van der Waals surface area contributed by atoms with E-state index in [1.807, 2.05) is 0 Å². The molecular formula is C6H12O5. The number of aliphatic carboxylic acids is 1. The molecule has 0 aromatic heterocycles. The van der Waals surface area contributed by atoms with Crippen LogP contribution in [0.4, 0.5) is 0 Å². The summed E-state index contributed by atoms with van der Waals surface area (Å²) in [6.45, 7) is 0. The van der Waals surface area contributed by atoms with Crippen LogP contribution in [-0.2, 0) is 14.3 Å². The van der Waals surface area contributed by atoms with Crippen LogP contribution in [0.5, 0.6) is 0 Å². The number of aliphatic hydroxyl groups is 1. The summed E-state index contributed by atoms with van der Waals surface area (Å²) in [5.41, 5.74) is 0. The Morgan fingerprint density at radius 2 is 1.91 bits per heavy atom. The van der Waals surface area contributed by atoms with Crippen LogP contribution in [0.1, 0.15) is 6.42 Å². The van der Waals surface area contributed by atoms with Gasteiger partial charge in [-0.05, 0) is 0 Å². The summed E-state index contributed by atoms with van der Waals surface area (Å²) >= 11 is 0. The van der Waals surface area contributed by atoms with Gasteiger partial charge in [0, 0.05) is 14.2 Å². The van der Waals surface area contributed by atoms with Crippen LogP contribution in [0.25, 0.3) is 0 Å². The highest BCUT2D eigenvalue weighted by Crippen LogP contribution is 2.02. The van der Waals surface area contributed by atoms with Gasteiger partial charge < -0.3 is 19.7 Å². The number of aliphatic hydroxyl groups excluding tert-OH is 1.